The van der Waals surface area contributed by atoms with E-state index < -0.39 is 0 Å². The highest BCUT2D eigenvalue weighted by Gasteiger charge is 2.17. The quantitative estimate of drug-likeness (QED) is 0.914. The number of nitrogens with zero attached hydrogens (tertiary/aromatic N) is 1. The number of hydrogen-bond acceptors (Lipinski definition) is 3. The van der Waals surface area contributed by atoms with Crippen LogP contribution < -0.4 is 0 Å². The van der Waals surface area contributed by atoms with Gasteiger partial charge in [0.1, 0.15) is 11.5 Å². The predicted octanol–water partition coefficient (Wildman–Crippen LogP) is 3.52. The van der Waals surface area contributed by atoms with E-state index in [9.17, 15) is 5.11 Å². The number of hydrogen-bond donors (Lipinski definition) is 1. The molecule has 0 radical (unpaired) electrons. The van der Waals surface area contributed by atoms with Crippen LogP contribution in [0.2, 0.25) is 0 Å². The van der Waals surface area contributed by atoms with Crippen molar-refractivity contribution >= 4 is 15.9 Å². The van der Waals surface area contributed by atoms with Crippen LogP contribution in [0.5, 0.6) is 0 Å². The number of aryl methyl sites for hydroxylation is 1. The third kappa shape index (κ3) is 3.69. The van der Waals surface area contributed by atoms with Crippen LogP contribution in [0.4, 0.5) is 0 Å². The maximum Gasteiger partial charge on any atom is 0.118 e. The normalized spacial score (nSPS) is 12.9. The molecule has 0 aliphatic heterocycles. The van der Waals surface area contributed by atoms with Crippen molar-refractivity contribution in [1.29, 1.82) is 0 Å². The standard InChI is InChI=1S/C15H18BrNO2/c1-11-6-7-14(19-11)9-17(2)15(10-18)12-4-3-5-13(16)8-12/h3-8,15,18H,9-10H2,1-2H3. The van der Waals surface area contributed by atoms with E-state index in [4.69, 9.17) is 4.42 Å². The Morgan fingerprint density at radius 3 is 2.68 bits per heavy atom. The lowest BCUT2D eigenvalue weighted by molar-refractivity contribution is 0.135. The molecular weight excluding hydrogens is 306 g/mol. The van der Waals surface area contributed by atoms with E-state index >= 15 is 0 Å². The molecule has 4 heteroatoms. The van der Waals surface area contributed by atoms with Crippen molar-refractivity contribution in [2.75, 3.05) is 13.7 Å². The van der Waals surface area contributed by atoms with Crippen molar-refractivity contribution in [3.8, 4) is 0 Å². The summed E-state index contributed by atoms with van der Waals surface area (Å²) in [6, 6.07) is 11.9. The van der Waals surface area contributed by atoms with Crippen molar-refractivity contribution in [2.24, 2.45) is 0 Å². The summed E-state index contributed by atoms with van der Waals surface area (Å²) in [5.74, 6) is 1.82. The van der Waals surface area contributed by atoms with Crippen molar-refractivity contribution in [2.45, 2.75) is 19.5 Å². The summed E-state index contributed by atoms with van der Waals surface area (Å²) in [6.45, 7) is 2.68. The lowest BCUT2D eigenvalue weighted by Crippen LogP contribution is -2.26. The Morgan fingerprint density at radius 1 is 1.32 bits per heavy atom. The van der Waals surface area contributed by atoms with Gasteiger partial charge in [0.15, 0.2) is 0 Å². The smallest absolute Gasteiger partial charge is 0.118 e. The molecule has 1 aromatic heterocycles. The fourth-order valence-corrected chi connectivity index (χ4v) is 2.56. The van der Waals surface area contributed by atoms with Crippen LogP contribution in [-0.2, 0) is 6.54 Å². The lowest BCUT2D eigenvalue weighted by atomic mass is 10.1. The fourth-order valence-electron chi connectivity index (χ4n) is 2.14. The largest absolute Gasteiger partial charge is 0.465 e. The number of furan rings is 1. The summed E-state index contributed by atoms with van der Waals surface area (Å²) in [6.07, 6.45) is 0. The number of rotatable bonds is 5. The Kier molecular flexibility index (Phi) is 4.80. The van der Waals surface area contributed by atoms with Gasteiger partial charge in [-0.1, -0.05) is 28.1 Å². The molecule has 0 saturated heterocycles. The third-order valence-corrected chi connectivity index (χ3v) is 3.63. The monoisotopic (exact) mass is 323 g/mol. The molecule has 2 rings (SSSR count). The SMILES string of the molecule is Cc1ccc(CN(C)C(CO)c2cccc(Br)c2)o1. The molecule has 19 heavy (non-hydrogen) atoms. The molecule has 0 aliphatic rings. The maximum atomic E-state index is 9.64. The second-order valence-corrected chi connectivity index (χ2v) is 5.60. The Labute approximate surface area is 122 Å². The zero-order valence-corrected chi connectivity index (χ0v) is 12.7. The van der Waals surface area contributed by atoms with E-state index in [1.165, 1.54) is 0 Å². The first-order valence-electron chi connectivity index (χ1n) is 6.22. The highest BCUT2D eigenvalue weighted by atomic mass is 79.9. The van der Waals surface area contributed by atoms with Crippen LogP contribution in [0.1, 0.15) is 23.1 Å². The summed E-state index contributed by atoms with van der Waals surface area (Å²) < 4.78 is 6.60. The molecule has 2 aromatic rings. The van der Waals surface area contributed by atoms with Crippen LogP contribution in [0.15, 0.2) is 45.3 Å². The lowest BCUT2D eigenvalue weighted by Gasteiger charge is -2.26. The zero-order chi connectivity index (χ0) is 13.8. The van der Waals surface area contributed by atoms with E-state index in [2.05, 4.69) is 20.8 Å². The minimum Gasteiger partial charge on any atom is -0.465 e. The first-order chi connectivity index (χ1) is 9.10. The summed E-state index contributed by atoms with van der Waals surface area (Å²) in [5, 5.41) is 9.64. The van der Waals surface area contributed by atoms with Gasteiger partial charge in [-0.2, -0.15) is 0 Å². The van der Waals surface area contributed by atoms with E-state index in [0.29, 0.717) is 6.54 Å². The number of aliphatic hydroxyl groups is 1. The molecule has 102 valence electrons. The molecule has 0 saturated carbocycles. The van der Waals surface area contributed by atoms with Crippen LogP contribution in [-0.4, -0.2) is 23.7 Å². The molecule has 0 fully saturated rings. The molecular formula is C15H18BrNO2. The summed E-state index contributed by atoms with van der Waals surface area (Å²) in [5.41, 5.74) is 1.09. The topological polar surface area (TPSA) is 36.6 Å². The van der Waals surface area contributed by atoms with Gasteiger partial charge in [0.2, 0.25) is 0 Å². The summed E-state index contributed by atoms with van der Waals surface area (Å²) >= 11 is 3.46. The van der Waals surface area contributed by atoms with Gasteiger partial charge in [0.05, 0.1) is 19.2 Å². The number of benzene rings is 1. The van der Waals surface area contributed by atoms with Gasteiger partial charge in [-0.05, 0) is 43.8 Å². The highest BCUT2D eigenvalue weighted by Crippen LogP contribution is 2.24. The molecule has 3 nitrogen and oxygen atoms in total. The second kappa shape index (κ2) is 6.37. The molecule has 0 aliphatic carbocycles. The van der Waals surface area contributed by atoms with Gasteiger partial charge in [-0.25, -0.2) is 0 Å². The van der Waals surface area contributed by atoms with E-state index in [1.54, 1.807) is 0 Å². The highest BCUT2D eigenvalue weighted by molar-refractivity contribution is 9.10. The molecule has 0 spiro atoms. The van der Waals surface area contributed by atoms with Gasteiger partial charge in [-0.3, -0.25) is 4.90 Å². The molecule has 1 aromatic carbocycles. The molecule has 1 unspecified atom stereocenters. The molecule has 1 heterocycles. The Hall–Kier alpha value is -1.10. The predicted molar refractivity (Wildman–Crippen MR) is 78.9 cm³/mol. The van der Waals surface area contributed by atoms with Crippen LogP contribution in [0.25, 0.3) is 0 Å². The Bertz CT molecular complexity index is 538. The Morgan fingerprint density at radius 2 is 2.11 bits per heavy atom. The summed E-state index contributed by atoms with van der Waals surface area (Å²) in [7, 11) is 1.99. The molecule has 1 N–H and O–H groups in total. The second-order valence-electron chi connectivity index (χ2n) is 4.68. The minimum atomic E-state index is -0.0390. The van der Waals surface area contributed by atoms with E-state index in [1.807, 2.05) is 50.4 Å². The van der Waals surface area contributed by atoms with Crippen LogP contribution in [0.3, 0.4) is 0 Å². The van der Waals surface area contributed by atoms with Crippen molar-refractivity contribution < 1.29 is 9.52 Å². The number of aliphatic hydroxyl groups excluding tert-OH is 1. The van der Waals surface area contributed by atoms with Gasteiger partial charge < -0.3 is 9.52 Å². The van der Waals surface area contributed by atoms with Gasteiger partial charge >= 0.3 is 0 Å². The number of likely N-dealkylation sites (N-methyl/N-ethyl adjacent to an activating group) is 1. The van der Waals surface area contributed by atoms with Crippen LogP contribution in [0, 0.1) is 6.92 Å². The molecule has 1 atom stereocenters. The zero-order valence-electron chi connectivity index (χ0n) is 11.1. The average Bonchev–Trinajstić information content (AvgIpc) is 2.75. The fraction of sp³-hybridized carbons (Fsp3) is 0.333. The Balaban J connectivity index is 2.12. The van der Waals surface area contributed by atoms with E-state index in [0.717, 1.165) is 21.6 Å². The number of halogens is 1. The van der Waals surface area contributed by atoms with Crippen molar-refractivity contribution in [3.63, 3.8) is 0 Å². The average molecular weight is 324 g/mol. The van der Waals surface area contributed by atoms with Gasteiger partial charge in [0, 0.05) is 4.47 Å². The first kappa shape index (κ1) is 14.3. The molecule has 0 amide bonds. The first-order valence-corrected chi connectivity index (χ1v) is 7.01. The third-order valence-electron chi connectivity index (χ3n) is 3.14. The van der Waals surface area contributed by atoms with Crippen molar-refractivity contribution in [1.82, 2.24) is 4.90 Å². The summed E-state index contributed by atoms with van der Waals surface area (Å²) in [4.78, 5) is 2.08. The van der Waals surface area contributed by atoms with Gasteiger partial charge in [0.25, 0.3) is 0 Å². The van der Waals surface area contributed by atoms with Crippen molar-refractivity contribution in [3.05, 3.63) is 58.0 Å². The van der Waals surface area contributed by atoms with Gasteiger partial charge in [-0.15, -0.1) is 0 Å². The minimum absolute atomic E-state index is 0.0390. The maximum absolute atomic E-state index is 9.64. The molecule has 0 bridgehead atoms. The van der Waals surface area contributed by atoms with Crippen LogP contribution >= 0.6 is 15.9 Å². The van der Waals surface area contributed by atoms with E-state index in [-0.39, 0.29) is 12.6 Å².